The highest BCUT2D eigenvalue weighted by molar-refractivity contribution is 6.20. The number of benzene rings is 2. The van der Waals surface area contributed by atoms with E-state index in [2.05, 4.69) is 60.7 Å². The summed E-state index contributed by atoms with van der Waals surface area (Å²) in [5.41, 5.74) is 2.60. The third-order valence-corrected chi connectivity index (χ3v) is 4.34. The third-order valence-electron chi connectivity index (χ3n) is 3.94. The normalized spacial score (nSPS) is 22.9. The van der Waals surface area contributed by atoms with Gasteiger partial charge < -0.3 is 4.74 Å². The minimum absolute atomic E-state index is 0.163. The summed E-state index contributed by atoms with van der Waals surface area (Å²) in [6.07, 6.45) is 2.03. The fraction of sp³-hybridized carbons (Fsp3) is 0.333. The largest absolute Gasteiger partial charge is 0.377 e. The predicted octanol–water partition coefficient (Wildman–Crippen LogP) is 4.60. The molecular formula is C18H19ClO. The molecule has 1 fully saturated rings. The van der Waals surface area contributed by atoms with Crippen LogP contribution in [0.15, 0.2) is 60.7 Å². The molecule has 104 valence electrons. The maximum Gasteiger partial charge on any atom is 0.0698 e. The average molecular weight is 287 g/mol. The van der Waals surface area contributed by atoms with Gasteiger partial charge in [0.05, 0.1) is 6.10 Å². The summed E-state index contributed by atoms with van der Waals surface area (Å²) >= 11 is 6.35. The topological polar surface area (TPSA) is 9.23 Å². The minimum Gasteiger partial charge on any atom is -0.377 e. The molecule has 0 bridgehead atoms. The predicted molar refractivity (Wildman–Crippen MR) is 83.3 cm³/mol. The number of ether oxygens (including phenoxy) is 1. The van der Waals surface area contributed by atoms with E-state index in [0.29, 0.717) is 0 Å². The van der Waals surface area contributed by atoms with E-state index in [1.165, 1.54) is 11.1 Å². The maximum absolute atomic E-state index is 6.35. The first-order valence-corrected chi connectivity index (χ1v) is 7.64. The lowest BCUT2D eigenvalue weighted by Gasteiger charge is -2.33. The molecule has 0 aromatic heterocycles. The van der Waals surface area contributed by atoms with Crippen molar-refractivity contribution in [2.24, 2.45) is 0 Å². The molecule has 0 aliphatic carbocycles. The molecule has 3 rings (SSSR count). The molecule has 0 radical (unpaired) electrons. The second kappa shape index (κ2) is 6.43. The lowest BCUT2D eigenvalue weighted by atomic mass is 9.83. The molecule has 1 aliphatic rings. The molecule has 0 N–H and O–H groups in total. The van der Waals surface area contributed by atoms with Gasteiger partial charge in [0.25, 0.3) is 0 Å². The average Bonchev–Trinajstić information content (AvgIpc) is 2.50. The number of alkyl halides is 1. The second-order valence-electron chi connectivity index (χ2n) is 5.33. The Labute approximate surface area is 125 Å². The van der Waals surface area contributed by atoms with Crippen LogP contribution in [0.2, 0.25) is 0 Å². The third kappa shape index (κ3) is 3.05. The van der Waals surface area contributed by atoms with E-state index in [4.69, 9.17) is 16.3 Å². The first-order chi connectivity index (χ1) is 9.84. The molecule has 0 spiro atoms. The fourth-order valence-electron chi connectivity index (χ4n) is 2.96. The Morgan fingerprint density at radius 3 is 1.95 bits per heavy atom. The van der Waals surface area contributed by atoms with Gasteiger partial charge >= 0.3 is 0 Å². The molecule has 2 unspecified atom stereocenters. The van der Waals surface area contributed by atoms with Crippen LogP contribution in [0.4, 0.5) is 0 Å². The molecule has 1 saturated heterocycles. The molecule has 20 heavy (non-hydrogen) atoms. The first-order valence-electron chi connectivity index (χ1n) is 7.20. The Morgan fingerprint density at radius 2 is 1.45 bits per heavy atom. The van der Waals surface area contributed by atoms with Crippen LogP contribution in [0.25, 0.3) is 0 Å². The van der Waals surface area contributed by atoms with Gasteiger partial charge in [-0.1, -0.05) is 60.7 Å². The summed E-state index contributed by atoms with van der Waals surface area (Å²) in [4.78, 5) is 0. The van der Waals surface area contributed by atoms with Crippen LogP contribution in [0.1, 0.15) is 29.9 Å². The zero-order chi connectivity index (χ0) is 13.8. The summed E-state index contributed by atoms with van der Waals surface area (Å²) in [6.45, 7) is 0.759. The van der Waals surface area contributed by atoms with E-state index in [0.717, 1.165) is 19.4 Å². The van der Waals surface area contributed by atoms with Crippen LogP contribution >= 0.6 is 11.6 Å². The summed E-state index contributed by atoms with van der Waals surface area (Å²) in [5, 5.41) is 0.226. The van der Waals surface area contributed by atoms with Crippen LogP contribution in [-0.4, -0.2) is 18.1 Å². The highest BCUT2D eigenvalue weighted by Gasteiger charge is 2.30. The standard InChI is InChI=1S/C18H19ClO/c19-16-11-12-20-17(13-16)18(14-7-3-1-4-8-14)15-9-5-2-6-10-15/h1-10,16-18H,11-13H2. The summed E-state index contributed by atoms with van der Waals surface area (Å²) in [5.74, 6) is 0.263. The van der Waals surface area contributed by atoms with Gasteiger partial charge in [-0.3, -0.25) is 0 Å². The minimum atomic E-state index is 0.163. The fourth-order valence-corrected chi connectivity index (χ4v) is 3.22. The van der Waals surface area contributed by atoms with Crippen LogP contribution in [0, 0.1) is 0 Å². The van der Waals surface area contributed by atoms with Gasteiger partial charge in [0.15, 0.2) is 0 Å². The molecule has 2 aromatic rings. The Bertz CT molecular complexity index is 486. The second-order valence-corrected chi connectivity index (χ2v) is 5.95. The van der Waals surface area contributed by atoms with Gasteiger partial charge in [-0.25, -0.2) is 0 Å². The number of hydrogen-bond acceptors (Lipinski definition) is 1. The zero-order valence-electron chi connectivity index (χ0n) is 11.4. The van der Waals surface area contributed by atoms with Crippen molar-refractivity contribution in [2.75, 3.05) is 6.61 Å². The van der Waals surface area contributed by atoms with Crippen LogP contribution in [0.5, 0.6) is 0 Å². The molecule has 2 heteroatoms. The van der Waals surface area contributed by atoms with E-state index in [1.54, 1.807) is 0 Å². The van der Waals surface area contributed by atoms with Gasteiger partial charge in [-0.05, 0) is 24.0 Å². The van der Waals surface area contributed by atoms with E-state index in [1.807, 2.05) is 0 Å². The lowest BCUT2D eigenvalue weighted by Crippen LogP contribution is -2.32. The molecular weight excluding hydrogens is 268 g/mol. The number of rotatable bonds is 3. The van der Waals surface area contributed by atoms with Gasteiger partial charge in [0.2, 0.25) is 0 Å². The highest BCUT2D eigenvalue weighted by Crippen LogP contribution is 2.35. The van der Waals surface area contributed by atoms with Crippen LogP contribution in [0.3, 0.4) is 0 Å². The first kappa shape index (κ1) is 13.7. The van der Waals surface area contributed by atoms with Gasteiger partial charge in [-0.2, -0.15) is 0 Å². The number of halogens is 1. The monoisotopic (exact) mass is 286 g/mol. The number of hydrogen-bond donors (Lipinski definition) is 0. The highest BCUT2D eigenvalue weighted by atomic mass is 35.5. The van der Waals surface area contributed by atoms with E-state index in [9.17, 15) is 0 Å². The molecule has 2 atom stereocenters. The molecule has 1 aliphatic heterocycles. The van der Waals surface area contributed by atoms with Gasteiger partial charge in [0.1, 0.15) is 0 Å². The molecule has 2 aromatic carbocycles. The van der Waals surface area contributed by atoms with Crippen molar-refractivity contribution in [2.45, 2.75) is 30.2 Å². The van der Waals surface area contributed by atoms with Crippen molar-refractivity contribution in [3.05, 3.63) is 71.8 Å². The Balaban J connectivity index is 1.95. The van der Waals surface area contributed by atoms with Gasteiger partial charge in [-0.15, -0.1) is 11.6 Å². The van der Waals surface area contributed by atoms with Crippen molar-refractivity contribution >= 4 is 11.6 Å². The van der Waals surface area contributed by atoms with E-state index in [-0.39, 0.29) is 17.4 Å². The maximum atomic E-state index is 6.35. The molecule has 0 amide bonds. The van der Waals surface area contributed by atoms with Gasteiger partial charge in [0, 0.05) is 17.9 Å². The van der Waals surface area contributed by atoms with Crippen molar-refractivity contribution in [3.8, 4) is 0 Å². The Kier molecular flexibility index (Phi) is 4.39. The van der Waals surface area contributed by atoms with Crippen molar-refractivity contribution in [3.63, 3.8) is 0 Å². The van der Waals surface area contributed by atoms with Crippen molar-refractivity contribution < 1.29 is 4.74 Å². The summed E-state index contributed by atoms with van der Waals surface area (Å²) in [7, 11) is 0. The lowest BCUT2D eigenvalue weighted by molar-refractivity contribution is 0.00821. The van der Waals surface area contributed by atoms with Crippen LogP contribution < -0.4 is 0 Å². The molecule has 1 nitrogen and oxygen atoms in total. The van der Waals surface area contributed by atoms with Crippen molar-refractivity contribution in [1.29, 1.82) is 0 Å². The summed E-state index contributed by atoms with van der Waals surface area (Å²) in [6, 6.07) is 21.2. The van der Waals surface area contributed by atoms with E-state index < -0.39 is 0 Å². The quantitative estimate of drug-likeness (QED) is 0.749. The Hall–Kier alpha value is -1.31. The summed E-state index contributed by atoms with van der Waals surface area (Å²) < 4.78 is 6.03. The van der Waals surface area contributed by atoms with E-state index >= 15 is 0 Å². The SMILES string of the molecule is ClC1CCOC(C(c2ccccc2)c2ccccc2)C1. The Morgan fingerprint density at radius 1 is 0.900 bits per heavy atom. The van der Waals surface area contributed by atoms with Crippen LogP contribution in [-0.2, 0) is 4.74 Å². The smallest absolute Gasteiger partial charge is 0.0698 e. The van der Waals surface area contributed by atoms with Crippen molar-refractivity contribution in [1.82, 2.24) is 0 Å². The molecule has 1 heterocycles. The zero-order valence-corrected chi connectivity index (χ0v) is 12.2. The molecule has 0 saturated carbocycles.